The largest absolute Gasteiger partial charge is 0.394 e. The molecule has 4 heteroatoms. The molecule has 0 aromatic carbocycles. The number of carbonyl (C=O) groups is 1. The Bertz CT molecular complexity index is 1300. The third-order valence-electron chi connectivity index (χ3n) is 13.8. The summed E-state index contributed by atoms with van der Waals surface area (Å²) in [6, 6.07) is -0.642. The Morgan fingerprint density at radius 2 is 0.634 bits per heavy atom. The SMILES string of the molecule is CC/C=C\C/C=C\C/C=C\C/C=C\C/C=C\C/C=C\CCCCCCCCCCCCCCCCCCCCCCC(=O)NC(CO)C(O)/C=C/CC/C=C/CCCCCCCCCCCCCCCC. The van der Waals surface area contributed by atoms with Gasteiger partial charge in [0.15, 0.2) is 0 Å². The minimum atomic E-state index is -0.865. The number of rotatable bonds is 56. The lowest BCUT2D eigenvalue weighted by Gasteiger charge is -2.19. The fourth-order valence-electron chi connectivity index (χ4n) is 9.14. The van der Waals surface area contributed by atoms with Gasteiger partial charge in [-0.25, -0.2) is 0 Å². The van der Waals surface area contributed by atoms with E-state index in [1.54, 1.807) is 6.08 Å². The molecule has 1 amide bonds. The Balaban J connectivity index is 3.49. The zero-order valence-corrected chi connectivity index (χ0v) is 47.2. The van der Waals surface area contributed by atoms with Crippen LogP contribution in [0, 0.1) is 0 Å². The minimum Gasteiger partial charge on any atom is -0.394 e. The molecule has 0 aromatic heterocycles. The molecule has 0 aliphatic heterocycles. The van der Waals surface area contributed by atoms with E-state index in [-0.39, 0.29) is 12.5 Å². The number of aliphatic hydroxyl groups is 2. The normalized spacial score (nSPS) is 13.5. The number of aliphatic hydroxyl groups excluding tert-OH is 2. The van der Waals surface area contributed by atoms with Crippen LogP contribution in [0.2, 0.25) is 0 Å². The fraction of sp³-hybridized carbons (Fsp3) is 0.746. The maximum absolute atomic E-state index is 12.5. The van der Waals surface area contributed by atoms with Crippen molar-refractivity contribution in [2.24, 2.45) is 0 Å². The quantitative estimate of drug-likeness (QED) is 0.0420. The number of carbonyl (C=O) groups excluding carboxylic acids is 1. The summed E-state index contributed by atoms with van der Waals surface area (Å²) in [6.07, 6.45) is 91.7. The molecule has 2 atom stereocenters. The predicted octanol–water partition coefficient (Wildman–Crippen LogP) is 20.9. The zero-order chi connectivity index (χ0) is 51.3. The average molecular weight is 987 g/mol. The first kappa shape index (κ1) is 68.3. The van der Waals surface area contributed by atoms with Gasteiger partial charge >= 0.3 is 0 Å². The van der Waals surface area contributed by atoms with Crippen molar-refractivity contribution in [1.29, 1.82) is 0 Å². The van der Waals surface area contributed by atoms with Gasteiger partial charge in [0.05, 0.1) is 18.8 Å². The summed E-state index contributed by atoms with van der Waals surface area (Å²) in [5.74, 6) is -0.0716. The molecule has 4 nitrogen and oxygen atoms in total. The van der Waals surface area contributed by atoms with Gasteiger partial charge in [0.2, 0.25) is 5.91 Å². The van der Waals surface area contributed by atoms with Crippen molar-refractivity contribution in [1.82, 2.24) is 5.32 Å². The van der Waals surface area contributed by atoms with Crippen LogP contribution < -0.4 is 5.32 Å². The van der Waals surface area contributed by atoms with Crippen molar-refractivity contribution < 1.29 is 15.0 Å². The maximum Gasteiger partial charge on any atom is 0.220 e. The summed E-state index contributed by atoms with van der Waals surface area (Å²) in [5.41, 5.74) is 0. The van der Waals surface area contributed by atoms with E-state index in [2.05, 4.69) is 104 Å². The van der Waals surface area contributed by atoms with Gasteiger partial charge < -0.3 is 15.5 Å². The zero-order valence-electron chi connectivity index (χ0n) is 47.2. The van der Waals surface area contributed by atoms with Gasteiger partial charge in [-0.1, -0.05) is 310 Å². The van der Waals surface area contributed by atoms with Crippen LogP contribution in [0.1, 0.15) is 303 Å². The Morgan fingerprint density at radius 3 is 0.986 bits per heavy atom. The average Bonchev–Trinajstić information content (AvgIpc) is 3.37. The van der Waals surface area contributed by atoms with E-state index >= 15 is 0 Å². The number of unbranched alkanes of at least 4 members (excludes halogenated alkanes) is 35. The van der Waals surface area contributed by atoms with Gasteiger partial charge in [0.25, 0.3) is 0 Å². The summed E-state index contributed by atoms with van der Waals surface area (Å²) >= 11 is 0. The Kier molecular flexibility index (Phi) is 59.3. The molecule has 0 radical (unpaired) electrons. The van der Waals surface area contributed by atoms with E-state index in [1.165, 1.54) is 212 Å². The van der Waals surface area contributed by atoms with E-state index in [0.29, 0.717) is 6.42 Å². The van der Waals surface area contributed by atoms with Gasteiger partial charge in [-0.2, -0.15) is 0 Å². The molecule has 0 fully saturated rings. The molecular formula is C67H119NO3. The number of amides is 1. The highest BCUT2D eigenvalue weighted by Crippen LogP contribution is 2.17. The van der Waals surface area contributed by atoms with Crippen molar-refractivity contribution in [2.45, 2.75) is 315 Å². The highest BCUT2D eigenvalue weighted by atomic mass is 16.3. The first-order chi connectivity index (χ1) is 35.2. The molecule has 3 N–H and O–H groups in total. The van der Waals surface area contributed by atoms with Gasteiger partial charge in [0.1, 0.15) is 0 Å². The highest BCUT2D eigenvalue weighted by molar-refractivity contribution is 5.76. The second kappa shape index (κ2) is 61.6. The molecule has 0 spiro atoms. The number of allylic oxidation sites excluding steroid dienone is 15. The molecule has 2 unspecified atom stereocenters. The van der Waals surface area contributed by atoms with Crippen LogP contribution in [-0.4, -0.2) is 34.9 Å². The van der Waals surface area contributed by atoms with E-state index in [1.807, 2.05) is 6.08 Å². The van der Waals surface area contributed by atoms with E-state index < -0.39 is 12.1 Å². The molecule has 0 saturated heterocycles. The lowest BCUT2D eigenvalue weighted by molar-refractivity contribution is -0.123. The highest BCUT2D eigenvalue weighted by Gasteiger charge is 2.18. The van der Waals surface area contributed by atoms with Crippen LogP contribution in [0.25, 0.3) is 0 Å². The van der Waals surface area contributed by atoms with Crippen molar-refractivity contribution in [3.05, 3.63) is 97.2 Å². The molecule has 0 aliphatic carbocycles. The van der Waals surface area contributed by atoms with Gasteiger partial charge in [-0.05, 0) is 83.5 Å². The molecule has 0 aliphatic rings. The van der Waals surface area contributed by atoms with Gasteiger partial charge in [0, 0.05) is 6.42 Å². The van der Waals surface area contributed by atoms with Crippen LogP contribution in [0.3, 0.4) is 0 Å². The standard InChI is InChI=1S/C67H119NO3/c1-3-5-7-9-11-13-15-17-19-21-23-25-26-27-28-29-30-31-32-33-34-35-36-37-38-39-40-41-42-43-45-47-49-51-53-55-57-59-61-63-67(71)68-65(64-69)66(70)62-60-58-56-54-52-50-48-46-44-24-22-20-18-16-14-12-10-8-6-4-2/h5,7,11,13,17,19,23,25,27-28,30-31,52,54,60,62,65-66,69-70H,3-4,6,8-10,12,14-16,18,20-22,24,26,29,32-51,53,55-59,61,63-64H2,1-2H3,(H,68,71)/b7-5-,13-11-,19-17-,25-23-,28-27-,31-30-,54-52+,62-60+. The maximum atomic E-state index is 12.5. The third kappa shape index (κ3) is 58.1. The molecule has 71 heavy (non-hydrogen) atoms. The Labute approximate surface area is 443 Å². The molecule has 0 rings (SSSR count). The van der Waals surface area contributed by atoms with Crippen LogP contribution in [0.5, 0.6) is 0 Å². The first-order valence-electron chi connectivity index (χ1n) is 31.0. The van der Waals surface area contributed by atoms with E-state index in [9.17, 15) is 15.0 Å². The summed E-state index contributed by atoms with van der Waals surface area (Å²) in [5, 5.41) is 23.2. The molecular weight excluding hydrogens is 867 g/mol. The van der Waals surface area contributed by atoms with E-state index in [4.69, 9.17) is 0 Å². The van der Waals surface area contributed by atoms with Gasteiger partial charge in [-0.15, -0.1) is 0 Å². The number of hydrogen-bond donors (Lipinski definition) is 3. The monoisotopic (exact) mass is 986 g/mol. The summed E-state index contributed by atoms with van der Waals surface area (Å²) in [6.45, 7) is 4.20. The predicted molar refractivity (Wildman–Crippen MR) is 317 cm³/mol. The number of hydrogen-bond acceptors (Lipinski definition) is 3. The fourth-order valence-corrected chi connectivity index (χ4v) is 9.14. The third-order valence-corrected chi connectivity index (χ3v) is 13.8. The topological polar surface area (TPSA) is 69.6 Å². The van der Waals surface area contributed by atoms with Crippen molar-refractivity contribution in [3.63, 3.8) is 0 Å². The number of nitrogens with one attached hydrogen (secondary N) is 1. The molecule has 410 valence electrons. The smallest absolute Gasteiger partial charge is 0.220 e. The summed E-state index contributed by atoms with van der Waals surface area (Å²) < 4.78 is 0. The van der Waals surface area contributed by atoms with Crippen molar-refractivity contribution in [3.8, 4) is 0 Å². The lowest BCUT2D eigenvalue weighted by Crippen LogP contribution is -2.45. The van der Waals surface area contributed by atoms with E-state index in [0.717, 1.165) is 70.6 Å². The first-order valence-corrected chi connectivity index (χ1v) is 31.0. The minimum absolute atomic E-state index is 0.0716. The molecule has 0 heterocycles. The van der Waals surface area contributed by atoms with Crippen molar-refractivity contribution in [2.75, 3.05) is 6.61 Å². The second-order valence-electron chi connectivity index (χ2n) is 20.7. The lowest BCUT2D eigenvalue weighted by atomic mass is 10.0. The summed E-state index contributed by atoms with van der Waals surface area (Å²) in [7, 11) is 0. The second-order valence-corrected chi connectivity index (χ2v) is 20.7. The van der Waals surface area contributed by atoms with Crippen LogP contribution >= 0.6 is 0 Å². The Morgan fingerprint density at radius 1 is 0.352 bits per heavy atom. The Hall–Kier alpha value is -2.69. The van der Waals surface area contributed by atoms with Crippen LogP contribution in [-0.2, 0) is 4.79 Å². The van der Waals surface area contributed by atoms with Crippen LogP contribution in [0.15, 0.2) is 97.2 Å². The van der Waals surface area contributed by atoms with Crippen LogP contribution in [0.4, 0.5) is 0 Å². The molecule has 0 aromatic rings. The van der Waals surface area contributed by atoms with Crippen molar-refractivity contribution >= 4 is 5.91 Å². The van der Waals surface area contributed by atoms with Gasteiger partial charge in [-0.3, -0.25) is 4.79 Å². The molecule has 0 saturated carbocycles. The summed E-state index contributed by atoms with van der Waals surface area (Å²) in [4.78, 5) is 12.5. The molecule has 0 bridgehead atoms.